The van der Waals surface area contributed by atoms with Crippen molar-refractivity contribution in [2.75, 3.05) is 13.1 Å². The minimum absolute atomic E-state index is 0.0725. The Morgan fingerprint density at radius 2 is 2.05 bits per heavy atom. The molecule has 0 spiro atoms. The highest BCUT2D eigenvalue weighted by Crippen LogP contribution is 2.42. The molecule has 1 saturated heterocycles. The van der Waals surface area contributed by atoms with Crippen LogP contribution in [0.3, 0.4) is 0 Å². The Kier molecular flexibility index (Phi) is 4.81. The number of carbonyl (C=O) groups excluding carboxylic acids is 1. The van der Waals surface area contributed by atoms with Crippen molar-refractivity contribution < 1.29 is 18.0 Å². The number of hydrogen-bond donors (Lipinski definition) is 1. The van der Waals surface area contributed by atoms with E-state index in [9.17, 15) is 18.0 Å². The second-order valence-electron chi connectivity index (χ2n) is 5.21. The van der Waals surface area contributed by atoms with Crippen LogP contribution in [0.1, 0.15) is 24.5 Å². The number of aryl methyl sites for hydroxylation is 1. The Bertz CT molecular complexity index is 538. The van der Waals surface area contributed by atoms with Crippen LogP contribution >= 0.6 is 15.9 Å². The van der Waals surface area contributed by atoms with Crippen LogP contribution in [0.2, 0.25) is 0 Å². The number of alkyl halides is 3. The maximum absolute atomic E-state index is 11.8. The number of nitrogens with zero attached hydrogens (tertiary/aromatic N) is 1. The Balaban J connectivity index is 0.000000361. The lowest BCUT2D eigenvalue weighted by atomic mass is 9.92. The van der Waals surface area contributed by atoms with Crippen molar-refractivity contribution in [1.29, 1.82) is 0 Å². The number of rotatable bonds is 1. The highest BCUT2D eigenvalue weighted by Gasteiger charge is 2.43. The molecule has 1 N–H and O–H groups in total. The summed E-state index contributed by atoms with van der Waals surface area (Å²) in [7, 11) is 0. The Morgan fingerprint density at radius 1 is 1.38 bits per heavy atom. The molecule has 3 rings (SSSR count). The van der Waals surface area contributed by atoms with E-state index in [0.29, 0.717) is 0 Å². The zero-order valence-electron chi connectivity index (χ0n) is 11.5. The molecule has 0 aromatic heterocycles. The molecule has 1 heterocycles. The topological polar surface area (TPSA) is 32.3 Å². The van der Waals surface area contributed by atoms with Gasteiger partial charge in [-0.1, -0.05) is 22.0 Å². The Labute approximate surface area is 129 Å². The van der Waals surface area contributed by atoms with E-state index >= 15 is 0 Å². The largest absolute Gasteiger partial charge is 0.379 e. The van der Waals surface area contributed by atoms with Crippen LogP contribution in [0.5, 0.6) is 0 Å². The quantitative estimate of drug-likeness (QED) is 0.807. The van der Waals surface area contributed by atoms with Crippen LogP contribution < -0.4 is 5.32 Å². The predicted octanol–water partition coefficient (Wildman–Crippen LogP) is 3.81. The predicted molar refractivity (Wildman–Crippen MR) is 77.0 cm³/mol. The van der Waals surface area contributed by atoms with E-state index in [1.165, 1.54) is 11.1 Å². The number of nitrogens with one attached hydrogen (secondary N) is 1. The summed E-state index contributed by atoms with van der Waals surface area (Å²) in [5, 5.41) is 2.89. The van der Waals surface area contributed by atoms with E-state index in [0.717, 1.165) is 30.4 Å². The summed E-state index contributed by atoms with van der Waals surface area (Å²) in [6.45, 7) is 0.0861. The summed E-state index contributed by atoms with van der Waals surface area (Å²) in [5.41, 5.74) is 2.54. The number of urea groups is 1. The van der Waals surface area contributed by atoms with Gasteiger partial charge in [0.25, 0.3) is 0 Å². The number of fused-ring (bicyclic) bond motifs is 1. The molecule has 1 fully saturated rings. The molecule has 1 unspecified atom stereocenters. The average molecular weight is 365 g/mol. The first-order valence-electron chi connectivity index (χ1n) is 6.61. The van der Waals surface area contributed by atoms with Gasteiger partial charge in [0.05, 0.1) is 5.54 Å². The third kappa shape index (κ3) is 3.33. The van der Waals surface area contributed by atoms with Gasteiger partial charge in [0.15, 0.2) is 0 Å². The molecule has 116 valence electrons. The molecule has 21 heavy (non-hydrogen) atoms. The second-order valence-corrected chi connectivity index (χ2v) is 6.12. The molecule has 1 aliphatic heterocycles. The molecule has 1 aliphatic carbocycles. The number of hydrogen-bond acceptors (Lipinski definition) is 1. The summed E-state index contributed by atoms with van der Waals surface area (Å²) in [5.74, 6) is 0. The zero-order chi connectivity index (χ0) is 15.6. The first kappa shape index (κ1) is 16.1. The van der Waals surface area contributed by atoms with Crippen molar-refractivity contribution in [3.63, 3.8) is 0 Å². The van der Waals surface area contributed by atoms with Gasteiger partial charge >= 0.3 is 12.7 Å². The van der Waals surface area contributed by atoms with Gasteiger partial charge in [-0.15, -0.1) is 0 Å². The van der Waals surface area contributed by atoms with E-state index in [2.05, 4.69) is 46.4 Å². The summed E-state index contributed by atoms with van der Waals surface area (Å²) in [6, 6.07) is 6.46. The lowest BCUT2D eigenvalue weighted by molar-refractivity contribution is 0.00819. The zero-order valence-corrected chi connectivity index (χ0v) is 13.1. The fraction of sp³-hybridized carbons (Fsp3) is 0.500. The van der Waals surface area contributed by atoms with E-state index in [4.69, 9.17) is 0 Å². The number of benzene rings is 1. The molecular formula is C14H16BrF3N2O. The highest BCUT2D eigenvalue weighted by molar-refractivity contribution is 9.10. The van der Waals surface area contributed by atoms with Gasteiger partial charge in [-0.25, -0.2) is 4.79 Å². The first-order valence-corrected chi connectivity index (χ1v) is 7.40. The van der Waals surface area contributed by atoms with Crippen LogP contribution in [0.15, 0.2) is 22.7 Å². The molecular weight excluding hydrogens is 349 g/mol. The van der Waals surface area contributed by atoms with Crippen molar-refractivity contribution in [1.82, 2.24) is 10.2 Å². The summed E-state index contributed by atoms with van der Waals surface area (Å²) in [6.07, 6.45) is 2.07. The fourth-order valence-electron chi connectivity index (χ4n) is 3.03. The number of halogens is 4. The lowest BCUT2D eigenvalue weighted by Crippen LogP contribution is -2.44. The van der Waals surface area contributed by atoms with Crippen molar-refractivity contribution in [2.24, 2.45) is 0 Å². The number of carbonyl (C=O) groups is 1. The molecule has 1 atom stereocenters. The maximum Gasteiger partial charge on any atom is 0.379 e. The summed E-state index contributed by atoms with van der Waals surface area (Å²) in [4.78, 5) is 13.8. The molecule has 3 nitrogen and oxygen atoms in total. The Hall–Kier alpha value is -1.24. The molecule has 1 aromatic rings. The first-order chi connectivity index (χ1) is 9.84. The fourth-order valence-corrected chi connectivity index (χ4v) is 3.44. The molecule has 7 heteroatoms. The molecule has 0 radical (unpaired) electrons. The highest BCUT2D eigenvalue weighted by atomic mass is 79.9. The summed E-state index contributed by atoms with van der Waals surface area (Å²) >= 11 is 3.50. The molecule has 0 saturated carbocycles. The molecule has 1 aromatic carbocycles. The standard InChI is InChI=1S/C13H15BrN2O.CHF3/c1-13(16-7-6-15-12(16)17)5-4-9-8-10(14)2-3-11(9)13;2-1(3)4/h2-3,8H,4-7H2,1H3,(H,15,17);1H. The van der Waals surface area contributed by atoms with Crippen molar-refractivity contribution in [3.8, 4) is 0 Å². The smallest absolute Gasteiger partial charge is 0.336 e. The second kappa shape index (κ2) is 6.25. The van der Waals surface area contributed by atoms with Crippen molar-refractivity contribution >= 4 is 22.0 Å². The van der Waals surface area contributed by atoms with E-state index in [1.54, 1.807) is 0 Å². The Morgan fingerprint density at radius 3 is 2.62 bits per heavy atom. The van der Waals surface area contributed by atoms with Gasteiger partial charge in [-0.05, 0) is 43.0 Å². The lowest BCUT2D eigenvalue weighted by Gasteiger charge is -2.35. The van der Waals surface area contributed by atoms with Crippen LogP contribution in [0.4, 0.5) is 18.0 Å². The van der Waals surface area contributed by atoms with E-state index in [-0.39, 0.29) is 11.6 Å². The van der Waals surface area contributed by atoms with Crippen LogP contribution in [-0.2, 0) is 12.0 Å². The molecule has 0 bridgehead atoms. The van der Waals surface area contributed by atoms with Gasteiger partial charge in [0.1, 0.15) is 0 Å². The van der Waals surface area contributed by atoms with Crippen molar-refractivity contribution in [2.45, 2.75) is 32.0 Å². The molecule has 2 aliphatic rings. The van der Waals surface area contributed by atoms with Crippen molar-refractivity contribution in [3.05, 3.63) is 33.8 Å². The molecule has 2 amide bonds. The van der Waals surface area contributed by atoms with Gasteiger partial charge in [0.2, 0.25) is 0 Å². The minimum atomic E-state index is -3.67. The van der Waals surface area contributed by atoms with Crippen LogP contribution in [0, 0.1) is 0 Å². The average Bonchev–Trinajstić information content (AvgIpc) is 2.94. The van der Waals surface area contributed by atoms with Crippen LogP contribution in [-0.4, -0.2) is 30.7 Å². The van der Waals surface area contributed by atoms with Gasteiger partial charge in [0, 0.05) is 17.6 Å². The normalized spacial score (nSPS) is 23.7. The van der Waals surface area contributed by atoms with Gasteiger partial charge < -0.3 is 10.2 Å². The third-order valence-electron chi connectivity index (χ3n) is 3.98. The number of amides is 2. The van der Waals surface area contributed by atoms with Gasteiger partial charge in [-0.3, -0.25) is 0 Å². The maximum atomic E-state index is 11.8. The minimum Gasteiger partial charge on any atom is -0.336 e. The van der Waals surface area contributed by atoms with Crippen LogP contribution in [0.25, 0.3) is 0 Å². The summed E-state index contributed by atoms with van der Waals surface area (Å²) < 4.78 is 30.1. The third-order valence-corrected chi connectivity index (χ3v) is 4.47. The SMILES string of the molecule is CC1(N2CCNC2=O)CCc2cc(Br)ccc21.FC(F)F. The van der Waals surface area contributed by atoms with Gasteiger partial charge in [-0.2, -0.15) is 13.2 Å². The van der Waals surface area contributed by atoms with E-state index in [1.807, 2.05) is 4.90 Å². The monoisotopic (exact) mass is 364 g/mol. The van der Waals surface area contributed by atoms with E-state index < -0.39 is 6.68 Å².